The molecule has 0 aliphatic heterocycles. The van der Waals surface area contributed by atoms with Gasteiger partial charge in [-0.25, -0.2) is 4.39 Å². The van der Waals surface area contributed by atoms with E-state index in [2.05, 4.69) is 48.6 Å². The van der Waals surface area contributed by atoms with Crippen LogP contribution in [0.25, 0.3) is 0 Å². The van der Waals surface area contributed by atoms with Crippen LogP contribution in [0, 0.1) is 9.54 Å². The Morgan fingerprint density at radius 1 is 0.447 bits per heavy atom. The number of nitrogens with one attached hydrogen (secondary N) is 4. The molecule has 0 fully saturated rings. The summed E-state index contributed by atoms with van der Waals surface area (Å²) < 4.78 is 254. The molecule has 4 N–H and O–H groups in total. The Labute approximate surface area is 255 Å². The van der Waals surface area contributed by atoms with Crippen LogP contribution in [0.4, 0.5) is 83.4 Å². The van der Waals surface area contributed by atoms with E-state index in [0.717, 1.165) is 0 Å². The molecule has 2 aromatic heterocycles. The summed E-state index contributed by atoms with van der Waals surface area (Å²) in [5.74, 6) is -30.5. The number of H-pyrrole nitrogens is 4. The zero-order valence-electron chi connectivity index (χ0n) is 22.1. The molecular weight excluding hydrogens is 761 g/mol. The van der Waals surface area contributed by atoms with Gasteiger partial charge >= 0.3 is 60.1 Å². The first-order chi connectivity index (χ1) is 20.4. The van der Waals surface area contributed by atoms with E-state index < -0.39 is 102 Å². The van der Waals surface area contributed by atoms with Crippen LogP contribution in [0.3, 0.4) is 0 Å². The monoisotopic (exact) mass is 774 g/mol. The summed E-state index contributed by atoms with van der Waals surface area (Å²) >= 11 is 8.41. The molecule has 0 bridgehead atoms. The molecule has 2 heterocycles. The van der Waals surface area contributed by atoms with Crippen molar-refractivity contribution in [3.63, 3.8) is 0 Å². The second kappa shape index (κ2) is 12.6. The number of nitrogens with zero attached hydrogens (tertiary/aromatic N) is 2. The summed E-state index contributed by atoms with van der Waals surface area (Å²) in [7, 11) is 0. The van der Waals surface area contributed by atoms with E-state index in [1.165, 1.54) is 10.2 Å². The predicted molar refractivity (Wildman–Crippen MR) is 114 cm³/mol. The molecule has 0 aliphatic carbocycles. The van der Waals surface area contributed by atoms with Crippen molar-refractivity contribution in [2.24, 2.45) is 0 Å². The van der Waals surface area contributed by atoms with Gasteiger partial charge in [-0.3, -0.25) is 34.6 Å². The zero-order valence-corrected chi connectivity index (χ0v) is 23.7. The highest BCUT2D eigenvalue weighted by Crippen LogP contribution is 2.51. The molecule has 9 nitrogen and oxygen atoms in total. The van der Waals surface area contributed by atoms with Crippen LogP contribution < -0.4 is 0 Å². The maximum Gasteiger partial charge on any atom is 0.456 e. The first kappa shape index (κ1) is 42.3. The van der Waals surface area contributed by atoms with Crippen LogP contribution in [-0.2, 0) is 25.9 Å². The molecule has 0 saturated carbocycles. The van der Waals surface area contributed by atoms with Crippen molar-refractivity contribution >= 4 is 24.4 Å². The van der Waals surface area contributed by atoms with E-state index in [4.69, 9.17) is 0 Å². The molecule has 0 aromatic carbocycles. The quantitative estimate of drug-likeness (QED) is 0.135. The number of hydrogen-bond donors (Lipinski definition) is 4. The maximum absolute atomic E-state index is 14.2. The average Bonchev–Trinajstić information content (AvgIpc) is 3.44. The SMILES string of the molecule is CC(F)(F)C(F)(F)OC(C)(F)C(F)(F)OC(F)(c1nc(=S)[nH][nH]1)C(F)(F)F.CC(F)(F)C(F)(F)OC(F)(c1nc(=S)[nH][nH]1)C(F)(F)F. The molecule has 274 valence electrons. The highest BCUT2D eigenvalue weighted by atomic mass is 32.1. The number of aromatic amines is 4. The lowest BCUT2D eigenvalue weighted by Gasteiger charge is -2.37. The topological polar surface area (TPSA) is 117 Å². The van der Waals surface area contributed by atoms with Crippen molar-refractivity contribution in [3.05, 3.63) is 21.2 Å². The third kappa shape index (κ3) is 9.04. The van der Waals surface area contributed by atoms with Gasteiger partial charge in [-0.15, -0.1) is 0 Å². The van der Waals surface area contributed by atoms with Gasteiger partial charge in [-0.2, -0.15) is 89.0 Å². The first-order valence-electron chi connectivity index (χ1n) is 10.9. The Hall–Kier alpha value is -2.73. The lowest BCUT2D eigenvalue weighted by Crippen LogP contribution is -2.58. The van der Waals surface area contributed by atoms with Crippen molar-refractivity contribution in [1.29, 1.82) is 0 Å². The van der Waals surface area contributed by atoms with Crippen LogP contribution in [0.2, 0.25) is 0 Å². The van der Waals surface area contributed by atoms with Crippen molar-refractivity contribution in [2.45, 2.75) is 80.9 Å². The summed E-state index contributed by atoms with van der Waals surface area (Å²) in [6.07, 6.45) is -30.3. The van der Waals surface area contributed by atoms with Crippen LogP contribution >= 0.6 is 24.4 Å². The van der Waals surface area contributed by atoms with Crippen molar-refractivity contribution in [3.8, 4) is 0 Å². The fourth-order valence-electron chi connectivity index (χ4n) is 2.25. The van der Waals surface area contributed by atoms with Crippen LogP contribution in [0.1, 0.15) is 32.4 Å². The second-order valence-electron chi connectivity index (χ2n) is 8.77. The van der Waals surface area contributed by atoms with Gasteiger partial charge in [0.1, 0.15) is 0 Å². The van der Waals surface area contributed by atoms with Crippen LogP contribution in [0.15, 0.2) is 0 Å². The normalized spacial score (nSPS) is 18.1. The lowest BCUT2D eigenvalue weighted by molar-refractivity contribution is -0.503. The van der Waals surface area contributed by atoms with Crippen LogP contribution in [-0.4, -0.2) is 78.7 Å². The lowest BCUT2D eigenvalue weighted by atomic mass is 10.2. The van der Waals surface area contributed by atoms with Gasteiger partial charge in [0.2, 0.25) is 9.54 Å². The van der Waals surface area contributed by atoms with Crippen molar-refractivity contribution in [1.82, 2.24) is 30.4 Å². The molecule has 0 spiro atoms. The number of halogens is 19. The fraction of sp³-hybridized carbons (Fsp3) is 0.765. The summed E-state index contributed by atoms with van der Waals surface area (Å²) in [6.45, 7) is -1.66. The Bertz CT molecular complexity index is 1470. The molecule has 0 aliphatic rings. The minimum Gasteiger partial charge on any atom is -0.281 e. The molecule has 3 unspecified atom stereocenters. The van der Waals surface area contributed by atoms with Gasteiger partial charge in [-0.1, -0.05) is 0 Å². The van der Waals surface area contributed by atoms with Gasteiger partial charge in [0, 0.05) is 20.8 Å². The van der Waals surface area contributed by atoms with Gasteiger partial charge in [0.05, 0.1) is 0 Å². The Balaban J connectivity index is 0.000000491. The summed E-state index contributed by atoms with van der Waals surface area (Å²) in [4.78, 5) is 5.37. The van der Waals surface area contributed by atoms with E-state index >= 15 is 0 Å². The van der Waals surface area contributed by atoms with Gasteiger partial charge < -0.3 is 0 Å². The molecule has 0 radical (unpaired) electrons. The smallest absolute Gasteiger partial charge is 0.281 e. The Morgan fingerprint density at radius 3 is 0.957 bits per heavy atom. The standard InChI is InChI=1S/C10H8F11N3O2S.C7H5F8N3OS/c1-5(11,12)9(18,19)25-6(2,13)10(20,21)26-7(14,8(15,16)17)3-22-4(27)24-23-3;1-4(8,9)7(14,15)19-5(10,6(11,12)13)2-16-3(20)18-17-2/h1-2H3,(H2,22,23,24,27);1H3,(H2,16,17,18,20). The summed E-state index contributed by atoms with van der Waals surface area (Å²) in [6, 6.07) is 0. The maximum atomic E-state index is 14.2. The molecule has 0 amide bonds. The second-order valence-corrected chi connectivity index (χ2v) is 9.54. The van der Waals surface area contributed by atoms with Gasteiger partial charge in [0.25, 0.3) is 0 Å². The molecular formula is C17H13F19N6O3S2. The third-order valence-corrected chi connectivity index (χ3v) is 5.13. The highest BCUT2D eigenvalue weighted by Gasteiger charge is 2.73. The summed E-state index contributed by atoms with van der Waals surface area (Å²) in [5, 5.41) is 5.96. The molecule has 47 heavy (non-hydrogen) atoms. The van der Waals surface area contributed by atoms with E-state index in [-0.39, 0.29) is 0 Å². The number of alkyl halides is 19. The molecule has 2 rings (SSSR count). The zero-order chi connectivity index (χ0) is 37.7. The third-order valence-electron chi connectivity index (χ3n) is 4.74. The van der Waals surface area contributed by atoms with Crippen molar-refractivity contribution < 1.29 is 97.6 Å². The number of rotatable bonds is 11. The molecule has 2 aromatic rings. The van der Waals surface area contributed by atoms with Crippen LogP contribution in [0.5, 0.6) is 0 Å². The van der Waals surface area contributed by atoms with Gasteiger partial charge in [0.15, 0.2) is 11.6 Å². The molecule has 3 atom stereocenters. The summed E-state index contributed by atoms with van der Waals surface area (Å²) in [5.41, 5.74) is 0. The number of aromatic nitrogens is 6. The Morgan fingerprint density at radius 2 is 0.723 bits per heavy atom. The minimum atomic E-state index is -6.38. The van der Waals surface area contributed by atoms with E-state index in [9.17, 15) is 83.4 Å². The largest absolute Gasteiger partial charge is 0.456 e. The van der Waals surface area contributed by atoms with E-state index in [1.807, 2.05) is 0 Å². The molecule has 0 saturated heterocycles. The predicted octanol–water partition coefficient (Wildman–Crippen LogP) is 8.13. The highest BCUT2D eigenvalue weighted by molar-refractivity contribution is 7.71. The van der Waals surface area contributed by atoms with E-state index in [0.29, 0.717) is 0 Å². The average molecular weight is 774 g/mol. The van der Waals surface area contributed by atoms with Crippen molar-refractivity contribution in [2.75, 3.05) is 0 Å². The first-order valence-corrected chi connectivity index (χ1v) is 11.7. The van der Waals surface area contributed by atoms with Gasteiger partial charge in [-0.05, 0) is 24.4 Å². The number of hydrogen-bond acceptors (Lipinski definition) is 7. The Kier molecular flexibility index (Phi) is 11.4. The fourth-order valence-corrected chi connectivity index (χ4v) is 2.53. The van der Waals surface area contributed by atoms with E-state index in [1.54, 1.807) is 10.2 Å². The number of ether oxygens (including phenoxy) is 3. The molecule has 30 heteroatoms. The minimum absolute atomic E-state index is 0.434.